The minimum atomic E-state index is 0.362. The van der Waals surface area contributed by atoms with Crippen molar-refractivity contribution in [3.63, 3.8) is 0 Å². The predicted octanol–water partition coefficient (Wildman–Crippen LogP) is 4.36. The van der Waals surface area contributed by atoms with Gasteiger partial charge in [0.05, 0.1) is 0 Å². The van der Waals surface area contributed by atoms with Crippen molar-refractivity contribution < 1.29 is 4.74 Å². The summed E-state index contributed by atoms with van der Waals surface area (Å²) in [5.74, 6) is 1.25. The molecule has 1 N–H and O–H groups in total. The molecule has 4 nitrogen and oxygen atoms in total. The Morgan fingerprint density at radius 3 is 2.57 bits per heavy atom. The summed E-state index contributed by atoms with van der Waals surface area (Å²) >= 11 is 6.01. The van der Waals surface area contributed by atoms with Gasteiger partial charge in [-0.25, -0.2) is 9.97 Å². The standard InChI is InChI=1S/C16H20ClN3O/c1-3-5-12-6-8-13(9-7-12)18-15-10-14(17)19-16(20-15)11-21-4-2/h6-10H,3-5,11H2,1-2H3,(H,18,19,20). The molecule has 0 fully saturated rings. The Kier molecular flexibility index (Phi) is 5.96. The van der Waals surface area contributed by atoms with Gasteiger partial charge in [0.15, 0.2) is 5.82 Å². The molecule has 21 heavy (non-hydrogen) atoms. The van der Waals surface area contributed by atoms with E-state index < -0.39 is 0 Å². The van der Waals surface area contributed by atoms with Gasteiger partial charge in [-0.05, 0) is 31.0 Å². The zero-order valence-electron chi connectivity index (χ0n) is 12.4. The fourth-order valence-electron chi connectivity index (χ4n) is 1.98. The molecule has 0 saturated heterocycles. The first-order chi connectivity index (χ1) is 10.2. The predicted molar refractivity (Wildman–Crippen MR) is 86.1 cm³/mol. The first-order valence-corrected chi connectivity index (χ1v) is 7.56. The van der Waals surface area contributed by atoms with E-state index >= 15 is 0 Å². The monoisotopic (exact) mass is 305 g/mol. The molecule has 0 spiro atoms. The highest BCUT2D eigenvalue weighted by Crippen LogP contribution is 2.19. The highest BCUT2D eigenvalue weighted by Gasteiger charge is 2.04. The van der Waals surface area contributed by atoms with Crippen LogP contribution in [0.15, 0.2) is 30.3 Å². The number of rotatable bonds is 7. The summed E-state index contributed by atoms with van der Waals surface area (Å²) in [6.07, 6.45) is 2.24. The highest BCUT2D eigenvalue weighted by molar-refractivity contribution is 6.29. The van der Waals surface area contributed by atoms with Gasteiger partial charge in [-0.2, -0.15) is 0 Å². The molecular weight excluding hydrogens is 286 g/mol. The minimum absolute atomic E-state index is 0.362. The van der Waals surface area contributed by atoms with Crippen LogP contribution in [0.25, 0.3) is 0 Å². The van der Waals surface area contributed by atoms with Gasteiger partial charge in [0, 0.05) is 18.4 Å². The van der Waals surface area contributed by atoms with Crippen LogP contribution in [-0.2, 0) is 17.8 Å². The molecule has 0 amide bonds. The van der Waals surface area contributed by atoms with E-state index in [1.165, 1.54) is 5.56 Å². The van der Waals surface area contributed by atoms with Crippen molar-refractivity contribution in [1.82, 2.24) is 9.97 Å². The maximum Gasteiger partial charge on any atom is 0.158 e. The van der Waals surface area contributed by atoms with Crippen LogP contribution in [-0.4, -0.2) is 16.6 Å². The van der Waals surface area contributed by atoms with Gasteiger partial charge < -0.3 is 10.1 Å². The summed E-state index contributed by atoms with van der Waals surface area (Å²) in [6, 6.07) is 10.0. The molecular formula is C16H20ClN3O. The number of anilines is 2. The summed E-state index contributed by atoms with van der Waals surface area (Å²) in [7, 11) is 0. The van der Waals surface area contributed by atoms with Crippen LogP contribution >= 0.6 is 11.6 Å². The normalized spacial score (nSPS) is 10.6. The molecule has 5 heteroatoms. The Hall–Kier alpha value is -1.65. The number of halogens is 1. The highest BCUT2D eigenvalue weighted by atomic mass is 35.5. The third-order valence-corrected chi connectivity index (χ3v) is 3.14. The van der Waals surface area contributed by atoms with Crippen LogP contribution in [0.1, 0.15) is 31.7 Å². The van der Waals surface area contributed by atoms with Crippen molar-refractivity contribution in [2.45, 2.75) is 33.3 Å². The summed E-state index contributed by atoms with van der Waals surface area (Å²) in [5, 5.41) is 3.65. The third kappa shape index (κ3) is 4.99. The molecule has 0 atom stereocenters. The van der Waals surface area contributed by atoms with E-state index in [2.05, 4.69) is 34.3 Å². The van der Waals surface area contributed by atoms with Crippen LogP contribution in [0.3, 0.4) is 0 Å². The van der Waals surface area contributed by atoms with E-state index in [0.29, 0.717) is 30.0 Å². The van der Waals surface area contributed by atoms with E-state index in [4.69, 9.17) is 16.3 Å². The lowest BCUT2D eigenvalue weighted by atomic mass is 10.1. The minimum Gasteiger partial charge on any atom is -0.374 e. The largest absolute Gasteiger partial charge is 0.374 e. The third-order valence-electron chi connectivity index (χ3n) is 2.94. The molecule has 1 aromatic carbocycles. The quantitative estimate of drug-likeness (QED) is 0.772. The van der Waals surface area contributed by atoms with Crippen molar-refractivity contribution in [2.24, 2.45) is 0 Å². The van der Waals surface area contributed by atoms with Gasteiger partial charge >= 0.3 is 0 Å². The van der Waals surface area contributed by atoms with Crippen molar-refractivity contribution in [1.29, 1.82) is 0 Å². The summed E-state index contributed by atoms with van der Waals surface area (Å²) in [6.45, 7) is 5.09. The number of aromatic nitrogens is 2. The first-order valence-electron chi connectivity index (χ1n) is 7.18. The molecule has 0 bridgehead atoms. The molecule has 0 radical (unpaired) electrons. The molecule has 0 aliphatic carbocycles. The summed E-state index contributed by atoms with van der Waals surface area (Å²) < 4.78 is 5.31. The molecule has 0 unspecified atom stereocenters. The number of benzene rings is 1. The number of ether oxygens (including phenoxy) is 1. The van der Waals surface area contributed by atoms with Gasteiger partial charge in [-0.3, -0.25) is 0 Å². The van der Waals surface area contributed by atoms with E-state index in [1.807, 2.05) is 19.1 Å². The Balaban J connectivity index is 2.09. The van der Waals surface area contributed by atoms with Crippen LogP contribution in [0.4, 0.5) is 11.5 Å². The van der Waals surface area contributed by atoms with Gasteiger partial charge in [0.2, 0.25) is 0 Å². The lowest BCUT2D eigenvalue weighted by Gasteiger charge is -2.09. The van der Waals surface area contributed by atoms with Gasteiger partial charge in [0.25, 0.3) is 0 Å². The lowest BCUT2D eigenvalue weighted by Crippen LogP contribution is -2.03. The topological polar surface area (TPSA) is 47.0 Å². The fourth-order valence-corrected chi connectivity index (χ4v) is 2.18. The Bertz CT molecular complexity index is 572. The Morgan fingerprint density at radius 2 is 1.90 bits per heavy atom. The summed E-state index contributed by atoms with van der Waals surface area (Å²) in [4.78, 5) is 8.53. The van der Waals surface area contributed by atoms with Crippen LogP contribution < -0.4 is 5.32 Å². The van der Waals surface area contributed by atoms with Gasteiger partial charge in [0.1, 0.15) is 17.6 Å². The molecule has 0 aliphatic heterocycles. The molecule has 0 saturated carbocycles. The first kappa shape index (κ1) is 15.7. The number of hydrogen-bond acceptors (Lipinski definition) is 4. The van der Waals surface area contributed by atoms with Crippen molar-refractivity contribution in [3.8, 4) is 0 Å². The number of nitrogens with one attached hydrogen (secondary N) is 1. The van der Waals surface area contributed by atoms with Crippen LogP contribution in [0, 0.1) is 0 Å². The van der Waals surface area contributed by atoms with Crippen molar-refractivity contribution in [2.75, 3.05) is 11.9 Å². The molecule has 1 heterocycles. The molecule has 112 valence electrons. The second kappa shape index (κ2) is 7.96. The zero-order chi connectivity index (χ0) is 15.1. The molecule has 2 rings (SSSR count). The maximum atomic E-state index is 6.01. The number of nitrogens with zero attached hydrogens (tertiary/aromatic N) is 2. The molecule has 2 aromatic rings. The van der Waals surface area contributed by atoms with Gasteiger partial charge in [-0.1, -0.05) is 37.1 Å². The fraction of sp³-hybridized carbons (Fsp3) is 0.375. The SMILES string of the molecule is CCCc1ccc(Nc2cc(Cl)nc(COCC)n2)cc1. The van der Waals surface area contributed by atoms with E-state index in [9.17, 15) is 0 Å². The summed E-state index contributed by atoms with van der Waals surface area (Å²) in [5.41, 5.74) is 2.31. The van der Waals surface area contributed by atoms with Gasteiger partial charge in [-0.15, -0.1) is 0 Å². The van der Waals surface area contributed by atoms with E-state index in [-0.39, 0.29) is 0 Å². The second-order valence-electron chi connectivity index (χ2n) is 4.70. The zero-order valence-corrected chi connectivity index (χ0v) is 13.2. The number of hydrogen-bond donors (Lipinski definition) is 1. The van der Waals surface area contributed by atoms with Crippen molar-refractivity contribution >= 4 is 23.1 Å². The number of aryl methyl sites for hydroxylation is 1. The van der Waals surface area contributed by atoms with E-state index in [0.717, 1.165) is 18.5 Å². The van der Waals surface area contributed by atoms with Crippen LogP contribution in [0.2, 0.25) is 5.15 Å². The average molecular weight is 306 g/mol. The maximum absolute atomic E-state index is 6.01. The Labute approximate surface area is 130 Å². The molecule has 0 aliphatic rings. The van der Waals surface area contributed by atoms with E-state index in [1.54, 1.807) is 6.07 Å². The smallest absolute Gasteiger partial charge is 0.158 e. The Morgan fingerprint density at radius 1 is 1.14 bits per heavy atom. The molecule has 1 aromatic heterocycles. The van der Waals surface area contributed by atoms with Crippen LogP contribution in [0.5, 0.6) is 0 Å². The van der Waals surface area contributed by atoms with Crippen molar-refractivity contribution in [3.05, 3.63) is 46.9 Å². The second-order valence-corrected chi connectivity index (χ2v) is 5.09. The lowest BCUT2D eigenvalue weighted by molar-refractivity contribution is 0.128. The average Bonchev–Trinajstić information content (AvgIpc) is 2.47.